The number of carbonyl (C=O) groups excluding carboxylic acids is 1. The molecule has 1 amide bonds. The Balaban J connectivity index is 1.49. The van der Waals surface area contributed by atoms with Gasteiger partial charge < -0.3 is 14.5 Å². The van der Waals surface area contributed by atoms with Crippen LogP contribution in [0.15, 0.2) is 42.7 Å². The largest absolute Gasteiger partial charge is 0.493 e. The predicted octanol–water partition coefficient (Wildman–Crippen LogP) is 3.34. The van der Waals surface area contributed by atoms with E-state index in [0.29, 0.717) is 19.6 Å². The molecular weight excluding hydrogens is 314 g/mol. The molecule has 0 atom stereocenters. The molecule has 3 rings (SSSR count). The van der Waals surface area contributed by atoms with E-state index in [4.69, 9.17) is 4.74 Å². The van der Waals surface area contributed by atoms with E-state index in [1.807, 2.05) is 67.9 Å². The minimum absolute atomic E-state index is 0.0425. The van der Waals surface area contributed by atoms with Crippen molar-refractivity contribution in [2.24, 2.45) is 0 Å². The SMILES string of the molecule is Cc1cccc(OCCC(=O)NCc2cn3cccc(C)c3n2)c1C. The van der Waals surface area contributed by atoms with Crippen molar-refractivity contribution in [2.75, 3.05) is 6.61 Å². The highest BCUT2D eigenvalue weighted by atomic mass is 16.5. The van der Waals surface area contributed by atoms with Crippen LogP contribution >= 0.6 is 0 Å². The number of imidazole rings is 1. The topological polar surface area (TPSA) is 55.6 Å². The lowest BCUT2D eigenvalue weighted by molar-refractivity contribution is -0.121. The van der Waals surface area contributed by atoms with Crippen LogP contribution in [0.1, 0.15) is 28.8 Å². The van der Waals surface area contributed by atoms with Gasteiger partial charge in [0.05, 0.1) is 25.3 Å². The number of nitrogens with zero attached hydrogens (tertiary/aromatic N) is 2. The van der Waals surface area contributed by atoms with Gasteiger partial charge in [0.2, 0.25) is 5.91 Å². The molecule has 0 bridgehead atoms. The van der Waals surface area contributed by atoms with Gasteiger partial charge >= 0.3 is 0 Å². The van der Waals surface area contributed by atoms with Crippen LogP contribution in [0.25, 0.3) is 5.65 Å². The Bertz CT molecular complexity index is 899. The predicted molar refractivity (Wildman–Crippen MR) is 97.8 cm³/mol. The number of benzene rings is 1. The van der Waals surface area contributed by atoms with E-state index in [1.54, 1.807) is 0 Å². The van der Waals surface area contributed by atoms with Crippen LogP contribution in [0.4, 0.5) is 0 Å². The summed E-state index contributed by atoms with van der Waals surface area (Å²) in [4.78, 5) is 16.6. The summed E-state index contributed by atoms with van der Waals surface area (Å²) in [7, 11) is 0. The van der Waals surface area contributed by atoms with Gasteiger partial charge in [-0.2, -0.15) is 0 Å². The molecule has 5 heteroatoms. The van der Waals surface area contributed by atoms with Crippen molar-refractivity contribution in [3.8, 4) is 5.75 Å². The molecule has 0 aliphatic carbocycles. The fourth-order valence-electron chi connectivity index (χ4n) is 2.70. The summed E-state index contributed by atoms with van der Waals surface area (Å²) in [6.07, 6.45) is 4.22. The maximum Gasteiger partial charge on any atom is 0.223 e. The van der Waals surface area contributed by atoms with Crippen LogP contribution in [0.2, 0.25) is 0 Å². The Hall–Kier alpha value is -2.82. The normalized spacial score (nSPS) is 10.8. The Morgan fingerprint density at radius 3 is 2.76 bits per heavy atom. The molecule has 1 N–H and O–H groups in total. The second-order valence-corrected chi connectivity index (χ2v) is 6.23. The molecule has 0 radical (unpaired) electrons. The minimum Gasteiger partial charge on any atom is -0.493 e. The number of rotatable bonds is 6. The van der Waals surface area contributed by atoms with E-state index >= 15 is 0 Å². The Morgan fingerprint density at radius 2 is 1.96 bits per heavy atom. The summed E-state index contributed by atoms with van der Waals surface area (Å²) in [5.74, 6) is 0.794. The third-order valence-corrected chi connectivity index (χ3v) is 4.34. The summed E-state index contributed by atoms with van der Waals surface area (Å²) in [6.45, 7) is 6.88. The molecule has 0 aliphatic rings. The number of pyridine rings is 1. The first-order chi connectivity index (χ1) is 12.0. The minimum atomic E-state index is -0.0425. The molecule has 2 heterocycles. The number of aryl methyl sites for hydroxylation is 2. The summed E-state index contributed by atoms with van der Waals surface area (Å²) < 4.78 is 7.70. The van der Waals surface area contributed by atoms with Gasteiger partial charge in [0, 0.05) is 12.4 Å². The van der Waals surface area contributed by atoms with E-state index in [2.05, 4.69) is 10.3 Å². The van der Waals surface area contributed by atoms with Crippen molar-refractivity contribution < 1.29 is 9.53 Å². The third-order valence-electron chi connectivity index (χ3n) is 4.34. The van der Waals surface area contributed by atoms with Crippen molar-refractivity contribution in [3.63, 3.8) is 0 Å². The van der Waals surface area contributed by atoms with Crippen molar-refractivity contribution >= 4 is 11.6 Å². The second kappa shape index (κ2) is 7.38. The number of hydrogen-bond acceptors (Lipinski definition) is 3. The molecule has 130 valence electrons. The molecule has 3 aromatic rings. The summed E-state index contributed by atoms with van der Waals surface area (Å²) in [5, 5.41) is 2.90. The average Bonchev–Trinajstić information content (AvgIpc) is 3.01. The Kier molecular flexibility index (Phi) is 5.03. The van der Waals surface area contributed by atoms with Gasteiger partial charge in [0.25, 0.3) is 0 Å². The van der Waals surface area contributed by atoms with Gasteiger partial charge in [-0.05, 0) is 49.6 Å². The number of aromatic nitrogens is 2. The third kappa shape index (κ3) is 3.99. The first kappa shape index (κ1) is 17.0. The summed E-state index contributed by atoms with van der Waals surface area (Å²) in [6, 6.07) is 9.94. The highest BCUT2D eigenvalue weighted by molar-refractivity contribution is 5.76. The van der Waals surface area contributed by atoms with Crippen molar-refractivity contribution in [1.29, 1.82) is 0 Å². The maximum atomic E-state index is 12.0. The standard InChI is InChI=1S/C20H23N3O2/c1-14-6-4-8-18(16(14)3)25-11-9-19(24)21-12-17-13-23-10-5-7-15(2)20(23)22-17/h4-8,10,13H,9,11-12H2,1-3H3,(H,21,24). The molecule has 0 saturated heterocycles. The molecule has 0 spiro atoms. The molecule has 0 saturated carbocycles. The Morgan fingerprint density at radius 1 is 1.16 bits per heavy atom. The molecule has 1 aromatic carbocycles. The number of ether oxygens (including phenoxy) is 1. The van der Waals surface area contributed by atoms with Crippen molar-refractivity contribution in [3.05, 3.63) is 65.1 Å². The molecule has 2 aromatic heterocycles. The smallest absolute Gasteiger partial charge is 0.223 e. The van der Waals surface area contributed by atoms with Crippen LogP contribution in [0, 0.1) is 20.8 Å². The van der Waals surface area contributed by atoms with E-state index < -0.39 is 0 Å². The summed E-state index contributed by atoms with van der Waals surface area (Å²) >= 11 is 0. The molecule has 25 heavy (non-hydrogen) atoms. The number of fused-ring (bicyclic) bond motifs is 1. The van der Waals surface area contributed by atoms with Crippen LogP contribution in [-0.2, 0) is 11.3 Å². The fraction of sp³-hybridized carbons (Fsp3) is 0.300. The lowest BCUT2D eigenvalue weighted by Gasteiger charge is -2.10. The van der Waals surface area contributed by atoms with Crippen LogP contribution in [0.3, 0.4) is 0 Å². The van der Waals surface area contributed by atoms with Gasteiger partial charge in [-0.25, -0.2) is 4.98 Å². The number of carbonyl (C=O) groups is 1. The van der Waals surface area contributed by atoms with E-state index in [9.17, 15) is 4.79 Å². The van der Waals surface area contributed by atoms with Crippen molar-refractivity contribution in [1.82, 2.24) is 14.7 Å². The van der Waals surface area contributed by atoms with Gasteiger partial charge in [-0.15, -0.1) is 0 Å². The lowest BCUT2D eigenvalue weighted by atomic mass is 10.1. The highest BCUT2D eigenvalue weighted by Gasteiger charge is 2.07. The van der Waals surface area contributed by atoms with Gasteiger partial charge in [-0.3, -0.25) is 4.79 Å². The number of nitrogens with one attached hydrogen (secondary N) is 1. The van der Waals surface area contributed by atoms with Crippen molar-refractivity contribution in [2.45, 2.75) is 33.7 Å². The average molecular weight is 337 g/mol. The summed E-state index contributed by atoms with van der Waals surface area (Å²) in [5.41, 5.74) is 5.18. The first-order valence-electron chi connectivity index (χ1n) is 8.43. The molecule has 0 unspecified atom stereocenters. The fourth-order valence-corrected chi connectivity index (χ4v) is 2.70. The van der Waals surface area contributed by atoms with E-state index in [-0.39, 0.29) is 5.91 Å². The molecule has 5 nitrogen and oxygen atoms in total. The zero-order chi connectivity index (χ0) is 17.8. The lowest BCUT2D eigenvalue weighted by Crippen LogP contribution is -2.24. The number of hydrogen-bond donors (Lipinski definition) is 1. The quantitative estimate of drug-likeness (QED) is 0.750. The second-order valence-electron chi connectivity index (χ2n) is 6.23. The Labute approximate surface area is 147 Å². The van der Waals surface area contributed by atoms with Crippen LogP contribution in [-0.4, -0.2) is 21.9 Å². The molecular formula is C20H23N3O2. The highest BCUT2D eigenvalue weighted by Crippen LogP contribution is 2.20. The molecule has 0 aliphatic heterocycles. The molecule has 0 fully saturated rings. The van der Waals surface area contributed by atoms with Crippen LogP contribution < -0.4 is 10.1 Å². The van der Waals surface area contributed by atoms with Gasteiger partial charge in [0.15, 0.2) is 0 Å². The van der Waals surface area contributed by atoms with E-state index in [0.717, 1.165) is 28.2 Å². The monoisotopic (exact) mass is 337 g/mol. The maximum absolute atomic E-state index is 12.0. The zero-order valence-corrected chi connectivity index (χ0v) is 14.9. The number of amides is 1. The van der Waals surface area contributed by atoms with Crippen LogP contribution in [0.5, 0.6) is 5.75 Å². The van der Waals surface area contributed by atoms with Gasteiger partial charge in [0.1, 0.15) is 11.4 Å². The zero-order valence-electron chi connectivity index (χ0n) is 14.9. The first-order valence-corrected chi connectivity index (χ1v) is 8.43. The van der Waals surface area contributed by atoms with E-state index in [1.165, 1.54) is 5.56 Å². The van der Waals surface area contributed by atoms with Gasteiger partial charge in [-0.1, -0.05) is 18.2 Å².